The molecule has 0 aliphatic heterocycles. The van der Waals surface area contributed by atoms with Gasteiger partial charge in [0.15, 0.2) is 12.2 Å². The van der Waals surface area contributed by atoms with E-state index in [1.54, 1.807) is 48.8 Å². The molecule has 2 heterocycles. The number of aliphatic hydroxyl groups excluding tert-OH is 2. The molecule has 0 bridgehead atoms. The quantitative estimate of drug-likeness (QED) is 0.740. The highest BCUT2D eigenvalue weighted by atomic mass is 16.3. The number of aliphatic hydroxyl groups is 2. The molecule has 2 rings (SSSR count). The second-order valence-electron chi connectivity index (χ2n) is 3.86. The molecule has 0 saturated carbocycles. The summed E-state index contributed by atoms with van der Waals surface area (Å²) in [7, 11) is 0. The largest absolute Gasteiger partial charge is 0.377 e. The van der Waals surface area contributed by atoms with Gasteiger partial charge in [0.1, 0.15) is 11.4 Å². The van der Waals surface area contributed by atoms with Crippen molar-refractivity contribution in [1.29, 1.82) is 0 Å². The SMILES string of the molecule is OC(C#Cc1ccccn1)C(O)C#Cc1ccccn1. The fourth-order valence-electron chi connectivity index (χ4n) is 1.33. The number of rotatable bonds is 1. The number of aromatic nitrogens is 2. The molecule has 0 fully saturated rings. The molecule has 0 spiro atoms. The van der Waals surface area contributed by atoms with E-state index in [-0.39, 0.29) is 0 Å². The zero-order valence-electron chi connectivity index (χ0n) is 10.6. The van der Waals surface area contributed by atoms with Crippen LogP contribution in [0, 0.1) is 23.7 Å². The van der Waals surface area contributed by atoms with Crippen LogP contribution in [-0.2, 0) is 0 Å². The van der Waals surface area contributed by atoms with Gasteiger partial charge < -0.3 is 10.2 Å². The second kappa shape index (κ2) is 7.06. The third-order valence-corrected chi connectivity index (χ3v) is 2.33. The lowest BCUT2D eigenvalue weighted by Gasteiger charge is -2.04. The minimum Gasteiger partial charge on any atom is -0.377 e. The summed E-state index contributed by atoms with van der Waals surface area (Å²) in [5, 5.41) is 19.4. The third kappa shape index (κ3) is 4.22. The Balaban J connectivity index is 2.02. The Morgan fingerprint density at radius 2 is 1.20 bits per heavy atom. The van der Waals surface area contributed by atoms with Gasteiger partial charge in [-0.15, -0.1) is 0 Å². The zero-order chi connectivity index (χ0) is 14.2. The van der Waals surface area contributed by atoms with E-state index in [0.29, 0.717) is 11.4 Å². The van der Waals surface area contributed by atoms with Gasteiger partial charge in [-0.1, -0.05) is 24.0 Å². The molecular weight excluding hydrogens is 252 g/mol. The fraction of sp³-hybridized carbons (Fsp3) is 0.125. The highest BCUT2D eigenvalue weighted by Crippen LogP contribution is 1.95. The summed E-state index contributed by atoms with van der Waals surface area (Å²) in [5.41, 5.74) is 1.05. The van der Waals surface area contributed by atoms with Gasteiger partial charge in [-0.25, -0.2) is 9.97 Å². The van der Waals surface area contributed by atoms with Crippen LogP contribution in [0.15, 0.2) is 48.8 Å². The lowest BCUT2D eigenvalue weighted by Crippen LogP contribution is -2.22. The van der Waals surface area contributed by atoms with Crippen molar-refractivity contribution in [1.82, 2.24) is 9.97 Å². The maximum atomic E-state index is 9.68. The van der Waals surface area contributed by atoms with Gasteiger partial charge in [0.2, 0.25) is 0 Å². The first kappa shape index (κ1) is 13.8. The van der Waals surface area contributed by atoms with Crippen LogP contribution in [0.25, 0.3) is 0 Å². The molecular formula is C16H12N2O2. The van der Waals surface area contributed by atoms with Crippen LogP contribution in [0.1, 0.15) is 11.4 Å². The van der Waals surface area contributed by atoms with Crippen molar-refractivity contribution in [3.05, 3.63) is 60.2 Å². The summed E-state index contributed by atoms with van der Waals surface area (Å²) < 4.78 is 0. The van der Waals surface area contributed by atoms with Crippen molar-refractivity contribution in [2.24, 2.45) is 0 Å². The zero-order valence-corrected chi connectivity index (χ0v) is 10.6. The van der Waals surface area contributed by atoms with Crippen LogP contribution in [0.5, 0.6) is 0 Å². The average Bonchev–Trinajstić information content (AvgIpc) is 2.52. The van der Waals surface area contributed by atoms with E-state index in [0.717, 1.165) is 0 Å². The van der Waals surface area contributed by atoms with Gasteiger partial charge in [0, 0.05) is 12.4 Å². The number of hydrogen-bond acceptors (Lipinski definition) is 4. The molecule has 0 amide bonds. The van der Waals surface area contributed by atoms with E-state index in [9.17, 15) is 10.2 Å². The van der Waals surface area contributed by atoms with Crippen LogP contribution in [0.4, 0.5) is 0 Å². The summed E-state index contributed by atoms with van der Waals surface area (Å²) in [5.74, 6) is 10.3. The van der Waals surface area contributed by atoms with Gasteiger partial charge in [-0.05, 0) is 36.1 Å². The number of nitrogens with zero attached hydrogens (tertiary/aromatic N) is 2. The van der Waals surface area contributed by atoms with E-state index in [1.807, 2.05) is 0 Å². The molecule has 0 aliphatic rings. The van der Waals surface area contributed by atoms with Gasteiger partial charge in [-0.3, -0.25) is 0 Å². The number of hydrogen-bond donors (Lipinski definition) is 2. The minimum absolute atomic E-state index is 0.524. The predicted molar refractivity (Wildman–Crippen MR) is 74.2 cm³/mol. The summed E-state index contributed by atoms with van der Waals surface area (Å²) >= 11 is 0. The Hall–Kier alpha value is -2.66. The normalized spacial score (nSPS) is 12.3. The van der Waals surface area contributed by atoms with Crippen molar-refractivity contribution in [3.8, 4) is 23.7 Å². The van der Waals surface area contributed by atoms with Crippen molar-refractivity contribution in [2.45, 2.75) is 12.2 Å². The fourth-order valence-corrected chi connectivity index (χ4v) is 1.33. The molecule has 4 nitrogen and oxygen atoms in total. The first-order valence-electron chi connectivity index (χ1n) is 5.97. The van der Waals surface area contributed by atoms with Crippen LogP contribution >= 0.6 is 0 Å². The minimum atomic E-state index is -1.26. The Morgan fingerprint density at radius 3 is 1.55 bits per heavy atom. The summed E-state index contributed by atoms with van der Waals surface area (Å²) in [4.78, 5) is 7.98. The van der Waals surface area contributed by atoms with Gasteiger partial charge in [0.05, 0.1) is 0 Å². The first-order chi connectivity index (χ1) is 9.75. The molecule has 0 radical (unpaired) electrons. The molecule has 98 valence electrons. The summed E-state index contributed by atoms with van der Waals surface area (Å²) in [6, 6.07) is 10.6. The van der Waals surface area contributed by atoms with Crippen LogP contribution in [0.2, 0.25) is 0 Å². The smallest absolute Gasteiger partial charge is 0.152 e. The molecule has 2 aromatic heterocycles. The molecule has 2 atom stereocenters. The van der Waals surface area contributed by atoms with Crippen molar-refractivity contribution < 1.29 is 10.2 Å². The molecule has 4 heteroatoms. The molecule has 2 aromatic rings. The Bertz CT molecular complexity index is 602. The molecule has 0 aromatic carbocycles. The predicted octanol–water partition coefficient (Wildman–Crippen LogP) is 0.602. The van der Waals surface area contributed by atoms with Crippen LogP contribution < -0.4 is 0 Å². The topological polar surface area (TPSA) is 66.2 Å². The van der Waals surface area contributed by atoms with Gasteiger partial charge in [0.25, 0.3) is 0 Å². The maximum absolute atomic E-state index is 9.68. The Labute approximate surface area is 117 Å². The Morgan fingerprint density at radius 1 is 0.750 bits per heavy atom. The molecule has 0 saturated heterocycles. The van der Waals surface area contributed by atoms with Crippen molar-refractivity contribution in [2.75, 3.05) is 0 Å². The van der Waals surface area contributed by atoms with Gasteiger partial charge in [-0.2, -0.15) is 0 Å². The van der Waals surface area contributed by atoms with E-state index in [1.165, 1.54) is 0 Å². The highest BCUT2D eigenvalue weighted by Gasteiger charge is 2.09. The Kier molecular flexibility index (Phi) is 4.86. The molecule has 0 aliphatic carbocycles. The third-order valence-electron chi connectivity index (χ3n) is 2.33. The van der Waals surface area contributed by atoms with E-state index in [2.05, 4.69) is 33.6 Å². The van der Waals surface area contributed by atoms with Crippen molar-refractivity contribution in [3.63, 3.8) is 0 Å². The standard InChI is InChI=1S/C16H12N2O2/c19-15(9-7-13-5-1-3-11-17-13)16(20)10-8-14-6-2-4-12-18-14/h1-6,11-12,15-16,19-20H. The van der Waals surface area contributed by atoms with E-state index in [4.69, 9.17) is 0 Å². The maximum Gasteiger partial charge on any atom is 0.152 e. The first-order valence-corrected chi connectivity index (χ1v) is 5.97. The monoisotopic (exact) mass is 264 g/mol. The van der Waals surface area contributed by atoms with E-state index < -0.39 is 12.2 Å². The van der Waals surface area contributed by atoms with E-state index >= 15 is 0 Å². The highest BCUT2D eigenvalue weighted by molar-refractivity contribution is 5.32. The van der Waals surface area contributed by atoms with Crippen LogP contribution in [0.3, 0.4) is 0 Å². The van der Waals surface area contributed by atoms with Crippen LogP contribution in [-0.4, -0.2) is 32.4 Å². The second-order valence-corrected chi connectivity index (χ2v) is 3.86. The lowest BCUT2D eigenvalue weighted by atomic mass is 10.2. The average molecular weight is 264 g/mol. The molecule has 2 unspecified atom stereocenters. The van der Waals surface area contributed by atoms with Gasteiger partial charge >= 0.3 is 0 Å². The number of pyridine rings is 2. The summed E-state index contributed by atoms with van der Waals surface area (Å²) in [6.45, 7) is 0. The molecule has 2 N–H and O–H groups in total. The molecule has 20 heavy (non-hydrogen) atoms. The van der Waals surface area contributed by atoms with Crippen molar-refractivity contribution >= 4 is 0 Å². The lowest BCUT2D eigenvalue weighted by molar-refractivity contribution is 0.0932. The summed E-state index contributed by atoms with van der Waals surface area (Å²) in [6.07, 6.45) is 0.697.